The highest BCUT2D eigenvalue weighted by Crippen LogP contribution is 2.27. The zero-order valence-electron chi connectivity index (χ0n) is 13.1. The van der Waals surface area contributed by atoms with E-state index in [0.29, 0.717) is 12.3 Å². The topological polar surface area (TPSA) is 102 Å². The molecule has 6 nitrogen and oxygen atoms in total. The van der Waals surface area contributed by atoms with Gasteiger partial charge in [0.15, 0.2) is 6.04 Å². The van der Waals surface area contributed by atoms with Gasteiger partial charge >= 0.3 is 5.97 Å². The minimum atomic E-state index is -1.45. The summed E-state index contributed by atoms with van der Waals surface area (Å²) in [7, 11) is 0. The van der Waals surface area contributed by atoms with E-state index in [1.807, 2.05) is 0 Å². The first kappa shape index (κ1) is 18.8. The van der Waals surface area contributed by atoms with Crippen LogP contribution in [0.2, 0.25) is 0 Å². The normalized spacial score (nSPS) is 20.0. The first-order valence-electron chi connectivity index (χ1n) is 7.96. The molecule has 4 N–H and O–H groups in total. The average Bonchev–Trinajstić information content (AvgIpc) is 2.52. The zero-order chi connectivity index (χ0) is 16.5. The minimum absolute atomic E-state index is 0.0922. The number of carbonyl (C=O) groups is 2. The molecule has 0 radical (unpaired) electrons. The summed E-state index contributed by atoms with van der Waals surface area (Å²) in [5.74, 6) is -1.28. The minimum Gasteiger partial charge on any atom is -0.464 e. The standard InChI is InChI=1S/C15H27FN2O4/c1-2-22-15(21)12(9-16)18-14(20)13(19)11(17)8-10-6-4-3-5-7-10/h10-13,19H,2-9,17H2,1H3,(H,18,20)/t11-,12?,13-/m1/s1. The van der Waals surface area contributed by atoms with Crippen molar-refractivity contribution in [3.05, 3.63) is 0 Å². The van der Waals surface area contributed by atoms with Crippen molar-refractivity contribution in [2.75, 3.05) is 13.3 Å². The van der Waals surface area contributed by atoms with Gasteiger partial charge in [-0.1, -0.05) is 32.1 Å². The first-order valence-corrected chi connectivity index (χ1v) is 7.96. The predicted molar refractivity (Wildman–Crippen MR) is 79.7 cm³/mol. The van der Waals surface area contributed by atoms with Gasteiger partial charge in [0.25, 0.3) is 5.91 Å². The Morgan fingerprint density at radius 3 is 2.55 bits per heavy atom. The van der Waals surface area contributed by atoms with E-state index in [0.717, 1.165) is 25.7 Å². The third-order valence-corrected chi connectivity index (χ3v) is 4.05. The average molecular weight is 318 g/mol. The molecule has 0 saturated heterocycles. The number of alkyl halides is 1. The van der Waals surface area contributed by atoms with E-state index in [1.54, 1.807) is 6.92 Å². The van der Waals surface area contributed by atoms with E-state index in [9.17, 15) is 19.1 Å². The highest BCUT2D eigenvalue weighted by atomic mass is 19.1. The highest BCUT2D eigenvalue weighted by Gasteiger charge is 2.30. The number of rotatable bonds is 8. The van der Waals surface area contributed by atoms with Crippen LogP contribution in [0.4, 0.5) is 4.39 Å². The van der Waals surface area contributed by atoms with Crippen molar-refractivity contribution >= 4 is 11.9 Å². The van der Waals surface area contributed by atoms with Crippen LogP contribution in [-0.2, 0) is 14.3 Å². The molecule has 0 aliphatic heterocycles. The van der Waals surface area contributed by atoms with Gasteiger partial charge in [-0.25, -0.2) is 9.18 Å². The van der Waals surface area contributed by atoms with Crippen LogP contribution >= 0.6 is 0 Å². The maximum absolute atomic E-state index is 12.8. The maximum atomic E-state index is 12.8. The summed E-state index contributed by atoms with van der Waals surface area (Å²) in [6.45, 7) is 0.591. The first-order chi connectivity index (χ1) is 10.5. The third-order valence-electron chi connectivity index (χ3n) is 4.05. The Bertz CT molecular complexity index is 361. The molecule has 0 aromatic heterocycles. The number of esters is 1. The molecule has 1 saturated carbocycles. The van der Waals surface area contributed by atoms with Crippen LogP contribution in [0.3, 0.4) is 0 Å². The molecule has 22 heavy (non-hydrogen) atoms. The molecule has 0 heterocycles. The van der Waals surface area contributed by atoms with Crippen molar-refractivity contribution in [3.63, 3.8) is 0 Å². The molecule has 1 amide bonds. The van der Waals surface area contributed by atoms with Crippen molar-refractivity contribution in [1.29, 1.82) is 0 Å². The van der Waals surface area contributed by atoms with Gasteiger partial charge in [0.2, 0.25) is 0 Å². The van der Waals surface area contributed by atoms with Crippen LogP contribution in [0.15, 0.2) is 0 Å². The Labute approximate surface area is 130 Å². The van der Waals surface area contributed by atoms with Crippen LogP contribution in [-0.4, -0.2) is 48.5 Å². The Balaban J connectivity index is 2.46. The van der Waals surface area contributed by atoms with Gasteiger partial charge in [-0.2, -0.15) is 0 Å². The molecular weight excluding hydrogens is 291 g/mol. The highest BCUT2D eigenvalue weighted by molar-refractivity contribution is 5.87. The van der Waals surface area contributed by atoms with Crippen molar-refractivity contribution in [2.24, 2.45) is 11.7 Å². The number of halogens is 1. The number of aliphatic hydroxyl groups excluding tert-OH is 1. The second-order valence-corrected chi connectivity index (χ2v) is 5.82. The lowest BCUT2D eigenvalue weighted by Crippen LogP contribution is -2.52. The Kier molecular flexibility index (Phi) is 8.34. The molecule has 1 aliphatic carbocycles. The van der Waals surface area contributed by atoms with Gasteiger partial charge < -0.3 is 20.9 Å². The molecule has 0 aromatic carbocycles. The fourth-order valence-corrected chi connectivity index (χ4v) is 2.79. The second kappa shape index (κ2) is 9.74. The number of hydrogen-bond donors (Lipinski definition) is 3. The van der Waals surface area contributed by atoms with E-state index < -0.39 is 36.7 Å². The third kappa shape index (κ3) is 5.88. The lowest BCUT2D eigenvalue weighted by atomic mass is 9.84. The molecule has 0 spiro atoms. The smallest absolute Gasteiger partial charge is 0.331 e. The van der Waals surface area contributed by atoms with E-state index in [2.05, 4.69) is 10.1 Å². The van der Waals surface area contributed by atoms with Crippen molar-refractivity contribution in [3.8, 4) is 0 Å². The molecule has 1 unspecified atom stereocenters. The predicted octanol–water partition coefficient (Wildman–Crippen LogP) is 0.662. The fourth-order valence-electron chi connectivity index (χ4n) is 2.79. The van der Waals surface area contributed by atoms with Crippen molar-refractivity contribution in [1.82, 2.24) is 5.32 Å². The summed E-state index contributed by atoms with van der Waals surface area (Å²) >= 11 is 0. The van der Waals surface area contributed by atoms with Crippen LogP contribution in [0, 0.1) is 5.92 Å². The summed E-state index contributed by atoms with van der Waals surface area (Å²) in [6.07, 6.45) is 4.71. The van der Waals surface area contributed by atoms with Crippen LogP contribution in [0.5, 0.6) is 0 Å². The summed E-state index contributed by atoms with van der Waals surface area (Å²) in [5.41, 5.74) is 5.88. The number of carbonyl (C=O) groups excluding carboxylic acids is 2. The van der Waals surface area contributed by atoms with Crippen LogP contribution in [0.25, 0.3) is 0 Å². The number of hydrogen-bond acceptors (Lipinski definition) is 5. The van der Waals surface area contributed by atoms with Crippen LogP contribution < -0.4 is 11.1 Å². The summed E-state index contributed by atoms with van der Waals surface area (Å²) in [6, 6.07) is -2.12. The largest absolute Gasteiger partial charge is 0.464 e. The molecule has 3 atom stereocenters. The number of nitrogens with two attached hydrogens (primary N) is 1. The number of ether oxygens (including phenoxy) is 1. The van der Waals surface area contributed by atoms with Crippen molar-refractivity contribution < 1.29 is 23.8 Å². The van der Waals surface area contributed by atoms with Gasteiger partial charge in [0, 0.05) is 6.04 Å². The van der Waals surface area contributed by atoms with Gasteiger partial charge in [0.1, 0.15) is 12.8 Å². The van der Waals surface area contributed by atoms with Gasteiger partial charge in [-0.05, 0) is 19.3 Å². The maximum Gasteiger partial charge on any atom is 0.331 e. The molecule has 0 aromatic rings. The number of aliphatic hydroxyl groups is 1. The second-order valence-electron chi connectivity index (χ2n) is 5.82. The quantitative estimate of drug-likeness (QED) is 0.571. The van der Waals surface area contributed by atoms with Gasteiger partial charge in [-0.3, -0.25) is 4.79 Å². The Morgan fingerprint density at radius 2 is 2.00 bits per heavy atom. The van der Waals surface area contributed by atoms with E-state index in [1.165, 1.54) is 6.42 Å². The molecule has 7 heteroatoms. The molecule has 0 bridgehead atoms. The lowest BCUT2D eigenvalue weighted by molar-refractivity contribution is -0.149. The fraction of sp³-hybridized carbons (Fsp3) is 0.867. The molecule has 128 valence electrons. The molecule has 1 aliphatic rings. The van der Waals surface area contributed by atoms with Crippen molar-refractivity contribution in [2.45, 2.75) is 63.6 Å². The lowest BCUT2D eigenvalue weighted by Gasteiger charge is -2.27. The van der Waals surface area contributed by atoms with Gasteiger partial charge in [-0.15, -0.1) is 0 Å². The summed E-state index contributed by atoms with van der Waals surface area (Å²) < 4.78 is 17.5. The summed E-state index contributed by atoms with van der Waals surface area (Å²) in [4.78, 5) is 23.3. The monoisotopic (exact) mass is 318 g/mol. The number of nitrogens with one attached hydrogen (secondary N) is 1. The Morgan fingerprint density at radius 1 is 1.36 bits per heavy atom. The number of amides is 1. The molecule has 1 rings (SSSR count). The van der Waals surface area contributed by atoms with Gasteiger partial charge in [0.05, 0.1) is 6.61 Å². The molecule has 1 fully saturated rings. The Hall–Kier alpha value is -1.21. The van der Waals surface area contributed by atoms with E-state index in [4.69, 9.17) is 5.73 Å². The SMILES string of the molecule is CCOC(=O)C(CF)NC(=O)[C@H](O)[C@H](N)CC1CCCCC1. The summed E-state index contributed by atoms with van der Waals surface area (Å²) in [5, 5.41) is 12.1. The molecular formula is C15H27FN2O4. The van der Waals surface area contributed by atoms with E-state index >= 15 is 0 Å². The van der Waals surface area contributed by atoms with Crippen LogP contribution in [0.1, 0.15) is 45.4 Å². The zero-order valence-corrected chi connectivity index (χ0v) is 13.1. The van der Waals surface area contributed by atoms with E-state index in [-0.39, 0.29) is 6.61 Å².